The molecule has 0 N–H and O–H groups in total. The highest BCUT2D eigenvalue weighted by atomic mass is 79.9. The summed E-state index contributed by atoms with van der Waals surface area (Å²) >= 11 is 4.51. The zero-order valence-electron chi connectivity index (χ0n) is 16.2. The Labute approximate surface area is 185 Å². The van der Waals surface area contributed by atoms with E-state index in [1.165, 1.54) is 16.6 Å². The Balaban J connectivity index is 1.85. The molecular weight excluding hydrogens is 498 g/mol. The van der Waals surface area contributed by atoms with E-state index in [4.69, 9.17) is 4.74 Å². The van der Waals surface area contributed by atoms with Crippen molar-refractivity contribution in [3.8, 4) is 0 Å². The number of halogens is 1. The highest BCUT2D eigenvalue weighted by molar-refractivity contribution is 9.10. The average Bonchev–Trinajstić information content (AvgIpc) is 3.29. The molecule has 0 radical (unpaired) electrons. The van der Waals surface area contributed by atoms with E-state index in [-0.39, 0.29) is 11.3 Å². The Bertz CT molecular complexity index is 1160. The number of hydrogen-bond acceptors (Lipinski definition) is 7. The minimum absolute atomic E-state index is 0.176. The molecule has 0 atom stereocenters. The lowest BCUT2D eigenvalue weighted by Crippen LogP contribution is -2.35. The third-order valence-electron chi connectivity index (χ3n) is 4.53. The quantitative estimate of drug-likeness (QED) is 0.530. The monoisotopic (exact) mass is 517 g/mol. The van der Waals surface area contributed by atoms with E-state index in [0.29, 0.717) is 18.6 Å². The van der Waals surface area contributed by atoms with Gasteiger partial charge in [-0.05, 0) is 31.0 Å². The van der Waals surface area contributed by atoms with Gasteiger partial charge in [0.05, 0.1) is 17.3 Å². The Hall–Kier alpha value is -2.05. The molecular formula is C18H20BrN3O6S2. The number of carbonyl (C=O) groups is 3. The van der Waals surface area contributed by atoms with Gasteiger partial charge in [-0.1, -0.05) is 27.3 Å². The molecule has 30 heavy (non-hydrogen) atoms. The standard InChI is InChI=1S/C18H20BrN3O6S2/c1-28-17(25)9-22-13-5-4-12(19)8-14(13)29-18(22)20-15(23)10-30(26,27)11-16(24)21-6-2-3-7-21/h4-5,8H,2-3,6-7,9-11H2,1H3. The third kappa shape index (κ3) is 5.55. The lowest BCUT2D eigenvalue weighted by Gasteiger charge is -2.14. The minimum atomic E-state index is -3.95. The third-order valence-corrected chi connectivity index (χ3v) is 7.43. The van der Waals surface area contributed by atoms with Gasteiger partial charge in [-0.2, -0.15) is 4.99 Å². The van der Waals surface area contributed by atoms with Gasteiger partial charge in [0.1, 0.15) is 18.1 Å². The first kappa shape index (κ1) is 22.6. The summed E-state index contributed by atoms with van der Waals surface area (Å²) in [6.07, 6.45) is 1.70. The number of amides is 2. The number of ether oxygens (including phenoxy) is 1. The van der Waals surface area contributed by atoms with E-state index in [2.05, 4.69) is 20.9 Å². The fraction of sp³-hybridized carbons (Fsp3) is 0.444. The first-order chi connectivity index (χ1) is 14.2. The van der Waals surface area contributed by atoms with Crippen LogP contribution in [-0.4, -0.2) is 67.4 Å². The van der Waals surface area contributed by atoms with Crippen LogP contribution in [0.2, 0.25) is 0 Å². The number of carbonyl (C=O) groups excluding carboxylic acids is 3. The summed E-state index contributed by atoms with van der Waals surface area (Å²) in [6, 6.07) is 5.35. The van der Waals surface area contributed by atoms with Gasteiger partial charge in [0.2, 0.25) is 5.91 Å². The zero-order chi connectivity index (χ0) is 21.9. The van der Waals surface area contributed by atoms with Crippen LogP contribution in [0.15, 0.2) is 27.7 Å². The van der Waals surface area contributed by atoms with Crippen LogP contribution in [0, 0.1) is 0 Å². The summed E-state index contributed by atoms with van der Waals surface area (Å²) in [5, 5.41) is 0. The number of aromatic nitrogens is 1. The van der Waals surface area contributed by atoms with Crippen LogP contribution in [0.5, 0.6) is 0 Å². The van der Waals surface area contributed by atoms with Crippen LogP contribution in [0.1, 0.15) is 12.8 Å². The summed E-state index contributed by atoms with van der Waals surface area (Å²) in [6.45, 7) is 0.902. The SMILES string of the molecule is COC(=O)Cn1c(=NC(=O)CS(=O)(=O)CC(=O)N2CCCC2)sc2cc(Br)ccc21. The van der Waals surface area contributed by atoms with Gasteiger partial charge in [0, 0.05) is 17.6 Å². The van der Waals surface area contributed by atoms with Crippen LogP contribution in [0.3, 0.4) is 0 Å². The van der Waals surface area contributed by atoms with Gasteiger partial charge in [-0.15, -0.1) is 0 Å². The van der Waals surface area contributed by atoms with E-state index >= 15 is 0 Å². The van der Waals surface area contributed by atoms with Crippen molar-refractivity contribution >= 4 is 65.1 Å². The number of rotatable bonds is 6. The number of hydrogen-bond donors (Lipinski definition) is 0. The van der Waals surface area contributed by atoms with Crippen LogP contribution in [0.4, 0.5) is 0 Å². The molecule has 0 aliphatic carbocycles. The van der Waals surface area contributed by atoms with Crippen molar-refractivity contribution < 1.29 is 27.5 Å². The average molecular weight is 518 g/mol. The maximum atomic E-state index is 12.4. The summed E-state index contributed by atoms with van der Waals surface area (Å²) in [5.41, 5.74) is 0.659. The van der Waals surface area contributed by atoms with Gasteiger partial charge in [-0.25, -0.2) is 8.42 Å². The molecule has 2 amide bonds. The number of fused-ring (bicyclic) bond motifs is 1. The van der Waals surface area contributed by atoms with Crippen LogP contribution >= 0.6 is 27.3 Å². The van der Waals surface area contributed by atoms with Crippen LogP contribution in [0.25, 0.3) is 10.2 Å². The van der Waals surface area contributed by atoms with E-state index in [0.717, 1.165) is 33.4 Å². The summed E-state index contributed by atoms with van der Waals surface area (Å²) in [5.74, 6) is -3.50. The van der Waals surface area contributed by atoms with Crippen molar-refractivity contribution in [1.29, 1.82) is 0 Å². The molecule has 2 heterocycles. The fourth-order valence-electron chi connectivity index (χ4n) is 3.10. The molecule has 9 nitrogen and oxygen atoms in total. The zero-order valence-corrected chi connectivity index (χ0v) is 19.4. The fourth-order valence-corrected chi connectivity index (χ4v) is 5.80. The summed E-state index contributed by atoms with van der Waals surface area (Å²) in [4.78, 5) is 41.9. The molecule has 0 saturated carbocycles. The summed E-state index contributed by atoms with van der Waals surface area (Å²) < 4.78 is 32.4. The predicted molar refractivity (Wildman–Crippen MR) is 115 cm³/mol. The van der Waals surface area contributed by atoms with Crippen molar-refractivity contribution in [2.45, 2.75) is 19.4 Å². The molecule has 12 heteroatoms. The van der Waals surface area contributed by atoms with E-state index < -0.39 is 39.1 Å². The maximum Gasteiger partial charge on any atom is 0.325 e. The molecule has 1 fully saturated rings. The molecule has 1 aliphatic heterocycles. The molecule has 1 aromatic heterocycles. The molecule has 2 aromatic rings. The van der Waals surface area contributed by atoms with Crippen molar-refractivity contribution in [2.75, 3.05) is 31.7 Å². The lowest BCUT2D eigenvalue weighted by atomic mass is 10.3. The highest BCUT2D eigenvalue weighted by Crippen LogP contribution is 2.22. The number of methoxy groups -OCH3 is 1. The smallest absolute Gasteiger partial charge is 0.325 e. The molecule has 1 aromatic carbocycles. The van der Waals surface area contributed by atoms with Crippen molar-refractivity contribution in [3.63, 3.8) is 0 Å². The molecule has 162 valence electrons. The number of benzene rings is 1. The first-order valence-electron chi connectivity index (χ1n) is 9.10. The molecule has 0 bridgehead atoms. The van der Waals surface area contributed by atoms with Crippen molar-refractivity contribution in [2.24, 2.45) is 4.99 Å². The number of sulfone groups is 1. The number of likely N-dealkylation sites (tertiary alicyclic amines) is 1. The Kier molecular flexibility index (Phi) is 7.09. The van der Waals surface area contributed by atoms with Gasteiger partial charge in [-0.3, -0.25) is 14.4 Å². The first-order valence-corrected chi connectivity index (χ1v) is 12.5. The van der Waals surface area contributed by atoms with Gasteiger partial charge in [0.15, 0.2) is 14.6 Å². The molecule has 3 rings (SSSR count). The summed E-state index contributed by atoms with van der Waals surface area (Å²) in [7, 11) is -2.70. The number of nitrogens with zero attached hydrogens (tertiary/aromatic N) is 3. The number of thiazole rings is 1. The number of esters is 1. The topological polar surface area (TPSA) is 115 Å². The predicted octanol–water partition coefficient (Wildman–Crippen LogP) is 1.10. The van der Waals surface area contributed by atoms with Gasteiger partial charge in [0.25, 0.3) is 5.91 Å². The van der Waals surface area contributed by atoms with Crippen LogP contribution < -0.4 is 4.80 Å². The molecule has 1 saturated heterocycles. The minimum Gasteiger partial charge on any atom is -0.468 e. The van der Waals surface area contributed by atoms with E-state index in [9.17, 15) is 22.8 Å². The van der Waals surface area contributed by atoms with Crippen molar-refractivity contribution in [3.05, 3.63) is 27.5 Å². The second kappa shape index (κ2) is 9.40. The van der Waals surface area contributed by atoms with Gasteiger partial charge >= 0.3 is 5.97 Å². The van der Waals surface area contributed by atoms with E-state index in [1.54, 1.807) is 12.1 Å². The van der Waals surface area contributed by atoms with Gasteiger partial charge < -0.3 is 14.2 Å². The highest BCUT2D eigenvalue weighted by Gasteiger charge is 2.26. The molecule has 0 spiro atoms. The maximum absolute atomic E-state index is 12.4. The largest absolute Gasteiger partial charge is 0.468 e. The molecule has 0 unspecified atom stereocenters. The lowest BCUT2D eigenvalue weighted by molar-refractivity contribution is -0.141. The van der Waals surface area contributed by atoms with E-state index in [1.807, 2.05) is 6.07 Å². The van der Waals surface area contributed by atoms with Crippen LogP contribution in [-0.2, 0) is 35.5 Å². The Morgan fingerprint density at radius 1 is 1.20 bits per heavy atom. The van der Waals surface area contributed by atoms with Crippen molar-refractivity contribution in [1.82, 2.24) is 9.47 Å². The normalized spacial score (nSPS) is 15.0. The Morgan fingerprint density at radius 2 is 1.90 bits per heavy atom. The molecule has 1 aliphatic rings. The second-order valence-corrected chi connectivity index (χ2v) is 10.8. The second-order valence-electron chi connectivity index (χ2n) is 6.78. The Morgan fingerprint density at radius 3 is 2.57 bits per heavy atom.